The van der Waals surface area contributed by atoms with Crippen LogP contribution in [0.2, 0.25) is 0 Å². The van der Waals surface area contributed by atoms with Crippen molar-refractivity contribution < 1.29 is 0 Å². The Kier molecular flexibility index (Phi) is 3.61. The van der Waals surface area contributed by atoms with Gasteiger partial charge in [0.1, 0.15) is 0 Å². The van der Waals surface area contributed by atoms with Crippen LogP contribution in [-0.4, -0.2) is 0 Å². The molecule has 0 spiro atoms. The third-order valence-corrected chi connectivity index (χ3v) is 3.64. The first kappa shape index (κ1) is 10.5. The van der Waals surface area contributed by atoms with Gasteiger partial charge < -0.3 is 0 Å². The van der Waals surface area contributed by atoms with Gasteiger partial charge >= 0.3 is 0 Å². The first-order chi connectivity index (χ1) is 7.40. The van der Waals surface area contributed by atoms with Crippen molar-refractivity contribution >= 4 is 0 Å². The Bertz CT molecular complexity index is 306. The van der Waals surface area contributed by atoms with E-state index in [1.807, 2.05) is 0 Å². The molecule has 2 rings (SSSR count). The van der Waals surface area contributed by atoms with Gasteiger partial charge in [0.25, 0.3) is 0 Å². The second-order valence-corrected chi connectivity index (χ2v) is 4.75. The van der Waals surface area contributed by atoms with E-state index in [1.54, 1.807) is 0 Å². The van der Waals surface area contributed by atoms with Crippen LogP contribution in [0, 0.1) is 23.2 Å². The summed E-state index contributed by atoms with van der Waals surface area (Å²) < 4.78 is 0. The Morgan fingerprint density at radius 1 is 1.13 bits per heavy atom. The number of nitrogens with zero attached hydrogens (tertiary/aromatic N) is 1. The fourth-order valence-electron chi connectivity index (χ4n) is 2.77. The molecule has 0 aromatic rings. The third kappa shape index (κ3) is 2.72. The van der Waals surface area contributed by atoms with Crippen LogP contribution in [0.4, 0.5) is 0 Å². The molecule has 1 heteroatoms. The average Bonchev–Trinajstić information content (AvgIpc) is 2.20. The van der Waals surface area contributed by atoms with E-state index in [4.69, 9.17) is 5.26 Å². The first-order valence-corrected chi connectivity index (χ1v) is 6.16. The maximum Gasteiger partial charge on any atom is 0.0669 e. The monoisotopic (exact) mass is 201 g/mol. The van der Waals surface area contributed by atoms with Crippen molar-refractivity contribution in [1.29, 1.82) is 5.26 Å². The number of rotatable bonds is 1. The second-order valence-electron chi connectivity index (χ2n) is 4.75. The highest BCUT2D eigenvalue weighted by molar-refractivity contribution is 5.28. The topological polar surface area (TPSA) is 23.8 Å². The molecule has 2 atom stereocenters. The zero-order chi connectivity index (χ0) is 10.5. The Balaban J connectivity index is 2.04. The van der Waals surface area contributed by atoms with Gasteiger partial charge in [-0.25, -0.2) is 0 Å². The summed E-state index contributed by atoms with van der Waals surface area (Å²) in [6, 6.07) is 2.24. The zero-order valence-electron chi connectivity index (χ0n) is 9.28. The molecular weight excluding hydrogens is 182 g/mol. The van der Waals surface area contributed by atoms with Gasteiger partial charge in [0.2, 0.25) is 0 Å². The molecule has 15 heavy (non-hydrogen) atoms. The van der Waals surface area contributed by atoms with Gasteiger partial charge in [-0.1, -0.05) is 43.9 Å². The molecule has 0 N–H and O–H groups in total. The summed E-state index contributed by atoms with van der Waals surface area (Å²) in [5.41, 5.74) is 1.24. The van der Waals surface area contributed by atoms with Crippen LogP contribution in [0.3, 0.4) is 0 Å². The molecule has 0 amide bonds. The lowest BCUT2D eigenvalue weighted by molar-refractivity contribution is 0.356. The van der Waals surface area contributed by atoms with Crippen molar-refractivity contribution in [2.75, 3.05) is 0 Å². The average molecular weight is 201 g/mol. The molecule has 2 aliphatic rings. The molecule has 0 aromatic heterocycles. The Morgan fingerprint density at radius 3 is 2.60 bits per heavy atom. The number of allylic oxidation sites excluding steroid dienone is 4. The summed E-state index contributed by atoms with van der Waals surface area (Å²) in [5, 5.41) is 8.69. The summed E-state index contributed by atoms with van der Waals surface area (Å²) in [6.45, 7) is 0. The van der Waals surface area contributed by atoms with Gasteiger partial charge in [0, 0.05) is 0 Å². The number of hydrogen-bond donors (Lipinski definition) is 0. The smallest absolute Gasteiger partial charge is 0.0669 e. The van der Waals surface area contributed by atoms with Crippen LogP contribution in [0.1, 0.15) is 44.9 Å². The minimum absolute atomic E-state index is 0.583. The molecule has 0 bridgehead atoms. The first-order valence-electron chi connectivity index (χ1n) is 6.16. The zero-order valence-corrected chi connectivity index (χ0v) is 9.28. The molecule has 1 fully saturated rings. The minimum Gasteiger partial charge on any atom is -0.198 e. The van der Waals surface area contributed by atoms with E-state index in [0.717, 1.165) is 11.8 Å². The summed E-state index contributed by atoms with van der Waals surface area (Å²) in [6.07, 6.45) is 15.7. The van der Waals surface area contributed by atoms with E-state index in [-0.39, 0.29) is 0 Å². The van der Waals surface area contributed by atoms with Crippen molar-refractivity contribution in [3.05, 3.63) is 23.8 Å². The largest absolute Gasteiger partial charge is 0.198 e. The highest BCUT2D eigenvalue weighted by atomic mass is 14.3. The van der Waals surface area contributed by atoms with Crippen LogP contribution in [0.15, 0.2) is 23.8 Å². The predicted molar refractivity (Wildman–Crippen MR) is 62.1 cm³/mol. The third-order valence-electron chi connectivity index (χ3n) is 3.64. The summed E-state index contributed by atoms with van der Waals surface area (Å²) in [5.74, 6) is 1.48. The van der Waals surface area contributed by atoms with E-state index in [2.05, 4.69) is 24.3 Å². The molecule has 80 valence electrons. The normalized spacial score (nSPS) is 30.7. The van der Waals surface area contributed by atoms with Crippen molar-refractivity contribution in [3.8, 4) is 6.07 Å². The maximum absolute atomic E-state index is 8.69. The van der Waals surface area contributed by atoms with Crippen LogP contribution >= 0.6 is 0 Å². The van der Waals surface area contributed by atoms with Crippen molar-refractivity contribution in [2.24, 2.45) is 11.8 Å². The van der Waals surface area contributed by atoms with Crippen LogP contribution in [-0.2, 0) is 0 Å². The highest BCUT2D eigenvalue weighted by Crippen LogP contribution is 2.34. The number of nitriles is 1. The summed E-state index contributed by atoms with van der Waals surface area (Å²) >= 11 is 0. The fourth-order valence-corrected chi connectivity index (χ4v) is 2.77. The van der Waals surface area contributed by atoms with Crippen LogP contribution in [0.25, 0.3) is 0 Å². The lowest BCUT2D eigenvalue weighted by Crippen LogP contribution is -2.16. The molecule has 0 aromatic carbocycles. The van der Waals surface area contributed by atoms with Crippen molar-refractivity contribution in [3.63, 3.8) is 0 Å². The van der Waals surface area contributed by atoms with Crippen LogP contribution < -0.4 is 0 Å². The lowest BCUT2D eigenvalue weighted by atomic mass is 9.77. The van der Waals surface area contributed by atoms with Gasteiger partial charge in [0.05, 0.1) is 12.5 Å². The molecule has 0 saturated heterocycles. The fraction of sp³-hybridized carbons (Fsp3) is 0.643. The molecule has 2 aliphatic carbocycles. The van der Waals surface area contributed by atoms with Crippen molar-refractivity contribution in [1.82, 2.24) is 0 Å². The van der Waals surface area contributed by atoms with E-state index in [1.165, 1.54) is 44.1 Å². The predicted octanol–water partition coefficient (Wildman–Crippen LogP) is 3.98. The molecule has 0 heterocycles. The van der Waals surface area contributed by atoms with Gasteiger partial charge in [-0.05, 0) is 30.3 Å². The Morgan fingerprint density at radius 2 is 1.87 bits per heavy atom. The van der Waals surface area contributed by atoms with E-state index in [0.29, 0.717) is 6.42 Å². The SMILES string of the molecule is N#CCC1=CC2CCCCCCC2C=C1. The van der Waals surface area contributed by atoms with Gasteiger partial charge in [-0.2, -0.15) is 5.26 Å². The minimum atomic E-state index is 0.583. The van der Waals surface area contributed by atoms with Gasteiger partial charge in [-0.3, -0.25) is 0 Å². The molecule has 2 unspecified atom stereocenters. The lowest BCUT2D eigenvalue weighted by Gasteiger charge is -2.27. The second kappa shape index (κ2) is 5.16. The number of hydrogen-bond acceptors (Lipinski definition) is 1. The molecule has 1 saturated carbocycles. The van der Waals surface area contributed by atoms with Gasteiger partial charge in [0.15, 0.2) is 0 Å². The molecule has 0 aliphatic heterocycles. The maximum atomic E-state index is 8.69. The molecular formula is C14H19N. The van der Waals surface area contributed by atoms with Crippen LogP contribution in [0.5, 0.6) is 0 Å². The Labute approximate surface area is 92.5 Å². The standard InChI is InChI=1S/C14H19N/c15-10-9-12-7-8-13-5-3-1-2-4-6-14(13)11-12/h7-8,11,13-14H,1-6,9H2. The van der Waals surface area contributed by atoms with E-state index >= 15 is 0 Å². The van der Waals surface area contributed by atoms with E-state index in [9.17, 15) is 0 Å². The summed E-state index contributed by atoms with van der Waals surface area (Å²) in [7, 11) is 0. The number of fused-ring (bicyclic) bond motifs is 1. The Hall–Kier alpha value is -1.03. The van der Waals surface area contributed by atoms with E-state index < -0.39 is 0 Å². The highest BCUT2D eigenvalue weighted by Gasteiger charge is 2.21. The molecule has 0 radical (unpaired) electrons. The summed E-state index contributed by atoms with van der Waals surface area (Å²) in [4.78, 5) is 0. The van der Waals surface area contributed by atoms with Crippen molar-refractivity contribution in [2.45, 2.75) is 44.9 Å². The quantitative estimate of drug-likeness (QED) is 0.629. The van der Waals surface area contributed by atoms with Gasteiger partial charge in [-0.15, -0.1) is 0 Å². The molecule has 1 nitrogen and oxygen atoms in total.